The van der Waals surface area contributed by atoms with Crippen molar-refractivity contribution in [3.8, 4) is 0 Å². The van der Waals surface area contributed by atoms with Crippen LogP contribution < -0.4 is 11.1 Å². The minimum atomic E-state index is -0.505. The first-order chi connectivity index (χ1) is 7.79. The van der Waals surface area contributed by atoms with Crippen LogP contribution in [0.4, 0.5) is 4.79 Å². The van der Waals surface area contributed by atoms with E-state index in [0.717, 1.165) is 19.3 Å². The molecular weight excluding hydrogens is 256 g/mol. The first-order valence-electron chi connectivity index (χ1n) is 5.90. The fraction of sp³-hybridized carbons (Fsp3) is 0.818. The van der Waals surface area contributed by atoms with E-state index >= 15 is 0 Å². The van der Waals surface area contributed by atoms with E-state index in [1.807, 2.05) is 20.8 Å². The molecule has 1 aliphatic heterocycles. The Morgan fingerprint density at radius 1 is 1.44 bits per heavy atom. The summed E-state index contributed by atoms with van der Waals surface area (Å²) in [5.41, 5.74) is 4.80. The predicted octanol–water partition coefficient (Wildman–Crippen LogP) is 1.64. The van der Waals surface area contributed by atoms with Crippen molar-refractivity contribution in [1.29, 1.82) is 5.41 Å². The summed E-state index contributed by atoms with van der Waals surface area (Å²) in [5.74, 6) is -0.120. The standard InChI is InChI=1S/C11H22N4O2.ClH/c1-11(2,3)17-10(16)15-7-5-4-6-8(15)14-9(12)13;/h8H,4-7H2,1-3H3,(H4,12,13,14);1H. The van der Waals surface area contributed by atoms with Crippen molar-refractivity contribution in [2.45, 2.75) is 51.8 Å². The Morgan fingerprint density at radius 2 is 2.06 bits per heavy atom. The summed E-state index contributed by atoms with van der Waals surface area (Å²) in [5, 5.41) is 10.0. The van der Waals surface area contributed by atoms with E-state index < -0.39 is 5.60 Å². The molecule has 1 heterocycles. The summed E-state index contributed by atoms with van der Waals surface area (Å²) in [4.78, 5) is 13.6. The largest absolute Gasteiger partial charge is 0.444 e. The van der Waals surface area contributed by atoms with E-state index in [9.17, 15) is 4.79 Å². The summed E-state index contributed by atoms with van der Waals surface area (Å²) in [6, 6.07) is 0. The normalized spacial score (nSPS) is 19.7. The van der Waals surface area contributed by atoms with Crippen molar-refractivity contribution in [2.24, 2.45) is 5.73 Å². The van der Waals surface area contributed by atoms with Gasteiger partial charge in [-0.2, -0.15) is 0 Å². The van der Waals surface area contributed by atoms with Crippen molar-refractivity contribution in [2.75, 3.05) is 6.54 Å². The van der Waals surface area contributed by atoms with Gasteiger partial charge in [0.2, 0.25) is 0 Å². The number of amides is 1. The number of piperidine rings is 1. The van der Waals surface area contributed by atoms with Crippen LogP contribution in [-0.4, -0.2) is 35.3 Å². The van der Waals surface area contributed by atoms with Gasteiger partial charge in [0.25, 0.3) is 0 Å². The molecule has 1 fully saturated rings. The minimum Gasteiger partial charge on any atom is -0.444 e. The van der Waals surface area contributed by atoms with Gasteiger partial charge in [-0.3, -0.25) is 10.3 Å². The van der Waals surface area contributed by atoms with E-state index in [0.29, 0.717) is 6.54 Å². The van der Waals surface area contributed by atoms with Crippen molar-refractivity contribution in [3.05, 3.63) is 0 Å². The highest BCUT2D eigenvalue weighted by Crippen LogP contribution is 2.18. The molecule has 0 aromatic carbocycles. The zero-order valence-corrected chi connectivity index (χ0v) is 12.0. The number of hydrogen-bond acceptors (Lipinski definition) is 3. The van der Waals surface area contributed by atoms with E-state index in [1.165, 1.54) is 0 Å². The number of ether oxygens (including phenoxy) is 1. The molecule has 106 valence electrons. The van der Waals surface area contributed by atoms with Gasteiger partial charge in [0.05, 0.1) is 0 Å². The topological polar surface area (TPSA) is 91.4 Å². The molecule has 1 saturated heterocycles. The van der Waals surface area contributed by atoms with Crippen LogP contribution in [0.25, 0.3) is 0 Å². The Balaban J connectivity index is 0.00000289. The Bertz CT molecular complexity index is 304. The van der Waals surface area contributed by atoms with Gasteiger partial charge in [-0.1, -0.05) is 0 Å². The number of nitrogens with one attached hydrogen (secondary N) is 2. The van der Waals surface area contributed by atoms with Crippen LogP contribution in [0.15, 0.2) is 0 Å². The molecule has 18 heavy (non-hydrogen) atoms. The van der Waals surface area contributed by atoms with Gasteiger partial charge < -0.3 is 15.8 Å². The SMILES string of the molecule is CC(C)(C)OC(=O)N1CCCCC1NC(=N)N.Cl. The second-order valence-electron chi connectivity index (χ2n) is 5.24. The van der Waals surface area contributed by atoms with Gasteiger partial charge in [-0.25, -0.2) is 4.79 Å². The third-order valence-electron chi connectivity index (χ3n) is 2.45. The Morgan fingerprint density at radius 3 is 2.56 bits per heavy atom. The number of halogens is 1. The highest BCUT2D eigenvalue weighted by Gasteiger charge is 2.30. The number of nitrogens with zero attached hydrogens (tertiary/aromatic N) is 1. The van der Waals surface area contributed by atoms with Crippen LogP contribution in [0, 0.1) is 5.41 Å². The zero-order valence-electron chi connectivity index (χ0n) is 11.2. The molecule has 7 heteroatoms. The number of guanidine groups is 1. The maximum absolute atomic E-state index is 12.0. The highest BCUT2D eigenvalue weighted by atomic mass is 35.5. The second-order valence-corrected chi connectivity index (χ2v) is 5.24. The molecular formula is C11H23ClN4O2. The lowest BCUT2D eigenvalue weighted by Crippen LogP contribution is -2.55. The molecule has 0 saturated carbocycles. The molecule has 0 spiro atoms. The number of carbonyl (C=O) groups is 1. The molecule has 0 aromatic heterocycles. The third-order valence-corrected chi connectivity index (χ3v) is 2.45. The summed E-state index contributed by atoms with van der Waals surface area (Å²) in [6.45, 7) is 6.15. The van der Waals surface area contributed by atoms with Crippen molar-refractivity contribution < 1.29 is 9.53 Å². The average Bonchev–Trinajstić information content (AvgIpc) is 2.14. The predicted molar refractivity (Wildman–Crippen MR) is 72.9 cm³/mol. The van der Waals surface area contributed by atoms with E-state index in [1.54, 1.807) is 4.90 Å². The molecule has 0 aromatic rings. The number of hydrogen-bond donors (Lipinski definition) is 3. The van der Waals surface area contributed by atoms with Crippen LogP contribution >= 0.6 is 12.4 Å². The molecule has 1 amide bonds. The fourth-order valence-corrected chi connectivity index (χ4v) is 1.80. The summed E-state index contributed by atoms with van der Waals surface area (Å²) in [7, 11) is 0. The van der Waals surface area contributed by atoms with Crippen LogP contribution in [0.2, 0.25) is 0 Å². The average molecular weight is 279 g/mol. The maximum Gasteiger partial charge on any atom is 0.411 e. The summed E-state index contributed by atoms with van der Waals surface area (Å²) >= 11 is 0. The van der Waals surface area contributed by atoms with Crippen molar-refractivity contribution in [3.63, 3.8) is 0 Å². The lowest BCUT2D eigenvalue weighted by Gasteiger charge is -2.37. The molecule has 1 unspecified atom stereocenters. The number of likely N-dealkylation sites (tertiary alicyclic amines) is 1. The van der Waals surface area contributed by atoms with Gasteiger partial charge in [0.15, 0.2) is 5.96 Å². The third kappa shape index (κ3) is 5.44. The molecule has 1 aliphatic rings. The first kappa shape index (κ1) is 16.8. The van der Waals surface area contributed by atoms with Crippen LogP contribution in [0.1, 0.15) is 40.0 Å². The Labute approximate surface area is 114 Å². The van der Waals surface area contributed by atoms with E-state index in [4.69, 9.17) is 15.9 Å². The number of carbonyl (C=O) groups excluding carboxylic acids is 1. The Kier molecular flexibility index (Phi) is 6.25. The molecule has 6 nitrogen and oxygen atoms in total. The maximum atomic E-state index is 12.0. The summed E-state index contributed by atoms with van der Waals surface area (Å²) < 4.78 is 5.32. The molecule has 0 radical (unpaired) electrons. The van der Waals surface area contributed by atoms with E-state index in [2.05, 4.69) is 5.32 Å². The van der Waals surface area contributed by atoms with E-state index in [-0.39, 0.29) is 30.6 Å². The molecule has 1 atom stereocenters. The molecule has 0 bridgehead atoms. The fourth-order valence-electron chi connectivity index (χ4n) is 1.80. The van der Waals surface area contributed by atoms with Crippen molar-refractivity contribution >= 4 is 24.5 Å². The van der Waals surface area contributed by atoms with Crippen LogP contribution in [0.3, 0.4) is 0 Å². The highest BCUT2D eigenvalue weighted by molar-refractivity contribution is 5.85. The quantitative estimate of drug-likeness (QED) is 0.502. The van der Waals surface area contributed by atoms with Gasteiger partial charge in [-0.05, 0) is 40.0 Å². The van der Waals surface area contributed by atoms with Crippen LogP contribution in [0.5, 0.6) is 0 Å². The molecule has 0 aliphatic carbocycles. The second kappa shape index (κ2) is 6.68. The first-order valence-corrected chi connectivity index (χ1v) is 5.90. The Hall–Kier alpha value is -1.17. The molecule has 1 rings (SSSR count). The smallest absolute Gasteiger partial charge is 0.411 e. The number of nitrogens with two attached hydrogens (primary N) is 1. The van der Waals surface area contributed by atoms with Crippen LogP contribution in [-0.2, 0) is 4.74 Å². The lowest BCUT2D eigenvalue weighted by molar-refractivity contribution is 0.00803. The van der Waals surface area contributed by atoms with Crippen molar-refractivity contribution in [1.82, 2.24) is 10.2 Å². The summed E-state index contributed by atoms with van der Waals surface area (Å²) in [6.07, 6.45) is 2.19. The molecule has 4 N–H and O–H groups in total. The minimum absolute atomic E-state index is 0. The number of rotatable bonds is 1. The van der Waals surface area contributed by atoms with Gasteiger partial charge in [0.1, 0.15) is 11.8 Å². The van der Waals surface area contributed by atoms with Gasteiger partial charge in [0, 0.05) is 6.54 Å². The monoisotopic (exact) mass is 278 g/mol. The lowest BCUT2D eigenvalue weighted by atomic mass is 10.1. The zero-order chi connectivity index (χ0) is 13.1. The van der Waals surface area contributed by atoms with Gasteiger partial charge in [-0.15, -0.1) is 12.4 Å². The van der Waals surface area contributed by atoms with Gasteiger partial charge >= 0.3 is 6.09 Å².